The van der Waals surface area contributed by atoms with Gasteiger partial charge < -0.3 is 10.6 Å². The van der Waals surface area contributed by atoms with E-state index in [1.807, 2.05) is 18.2 Å². The highest BCUT2D eigenvalue weighted by Gasteiger charge is 2.26. The van der Waals surface area contributed by atoms with Crippen LogP contribution in [0.3, 0.4) is 0 Å². The van der Waals surface area contributed by atoms with Gasteiger partial charge in [-0.25, -0.2) is 0 Å². The van der Waals surface area contributed by atoms with Crippen LogP contribution in [-0.2, 0) is 0 Å². The Morgan fingerprint density at radius 3 is 2.81 bits per heavy atom. The highest BCUT2D eigenvalue weighted by atomic mass is 16.1. The second-order valence-electron chi connectivity index (χ2n) is 4.10. The minimum atomic E-state index is -0.449. The fourth-order valence-corrected chi connectivity index (χ4v) is 2.24. The number of carbonyl (C=O) groups excluding carboxylic acids is 1. The van der Waals surface area contributed by atoms with E-state index in [0.29, 0.717) is 0 Å². The molecule has 0 bridgehead atoms. The molecule has 1 aliphatic rings. The predicted octanol–water partition coefficient (Wildman–Crippen LogP) is 1.36. The Bertz CT molecular complexity index is 355. The van der Waals surface area contributed by atoms with Gasteiger partial charge in [-0.2, -0.15) is 0 Å². The molecular formula is C12H15BN2O. The van der Waals surface area contributed by atoms with Crippen molar-refractivity contribution in [3.8, 4) is 0 Å². The molecule has 0 aliphatic carbocycles. The summed E-state index contributed by atoms with van der Waals surface area (Å²) in [7, 11) is 5.19. The van der Waals surface area contributed by atoms with E-state index in [0.717, 1.165) is 19.4 Å². The Hall–Kier alpha value is -1.29. The average molecular weight is 214 g/mol. The largest absolute Gasteiger partial charge is 0.361 e. The predicted molar refractivity (Wildman–Crippen MR) is 64.5 cm³/mol. The normalized spacial score (nSPS) is 25.0. The Balaban J connectivity index is 2.13. The molecule has 1 heterocycles. The van der Waals surface area contributed by atoms with Crippen molar-refractivity contribution in [2.24, 2.45) is 0 Å². The van der Waals surface area contributed by atoms with Crippen LogP contribution in [0.15, 0.2) is 30.3 Å². The third kappa shape index (κ3) is 2.64. The smallest absolute Gasteiger partial charge is 0.200 e. The Morgan fingerprint density at radius 1 is 1.38 bits per heavy atom. The van der Waals surface area contributed by atoms with Crippen molar-refractivity contribution >= 4 is 13.7 Å². The number of amides is 1. The Labute approximate surface area is 97.0 Å². The number of nitrogens with one attached hydrogen (secondary N) is 2. The zero-order valence-electron chi connectivity index (χ0n) is 9.15. The van der Waals surface area contributed by atoms with E-state index in [1.165, 1.54) is 5.56 Å². The molecule has 1 saturated heterocycles. The third-order valence-electron chi connectivity index (χ3n) is 2.94. The molecule has 1 aromatic rings. The van der Waals surface area contributed by atoms with Crippen LogP contribution >= 0.6 is 0 Å². The topological polar surface area (TPSA) is 41.1 Å². The van der Waals surface area contributed by atoms with Gasteiger partial charge in [-0.1, -0.05) is 30.3 Å². The highest BCUT2D eigenvalue weighted by Crippen LogP contribution is 2.23. The molecule has 2 radical (unpaired) electrons. The van der Waals surface area contributed by atoms with Crippen LogP contribution in [0, 0.1) is 0 Å². The van der Waals surface area contributed by atoms with E-state index >= 15 is 0 Å². The van der Waals surface area contributed by atoms with Crippen molar-refractivity contribution in [2.45, 2.75) is 24.9 Å². The first-order valence-electron chi connectivity index (χ1n) is 5.61. The molecule has 2 rings (SSSR count). The molecule has 1 fully saturated rings. The summed E-state index contributed by atoms with van der Waals surface area (Å²) in [6, 6.07) is 10.4. The lowest BCUT2D eigenvalue weighted by Gasteiger charge is -2.33. The number of rotatable bonds is 2. The minimum absolute atomic E-state index is 0.0913. The molecule has 1 amide bonds. The van der Waals surface area contributed by atoms with Gasteiger partial charge in [-0.15, -0.1) is 0 Å². The van der Waals surface area contributed by atoms with Gasteiger partial charge in [0.15, 0.2) is 5.81 Å². The number of hydrogen-bond acceptors (Lipinski definition) is 2. The zero-order chi connectivity index (χ0) is 11.4. The van der Waals surface area contributed by atoms with Gasteiger partial charge in [0.25, 0.3) is 0 Å². The summed E-state index contributed by atoms with van der Waals surface area (Å²) in [5.41, 5.74) is 1.20. The molecule has 3 nitrogen and oxygen atoms in total. The maximum absolute atomic E-state index is 10.9. The standard InChI is InChI=1S/C12H15BN2O/c13-12(16)15-10-7-4-8-14-11(10)9-5-2-1-3-6-9/h1-3,5-6,10-11,14H,4,7-8H2,(H,15,16). The first kappa shape index (κ1) is 11.2. The molecule has 4 heteroatoms. The lowest BCUT2D eigenvalue weighted by Crippen LogP contribution is -2.47. The molecule has 2 unspecified atom stereocenters. The van der Waals surface area contributed by atoms with E-state index < -0.39 is 5.81 Å². The summed E-state index contributed by atoms with van der Waals surface area (Å²) in [5.74, 6) is -0.449. The van der Waals surface area contributed by atoms with Gasteiger partial charge in [-0.05, 0) is 24.9 Å². The van der Waals surface area contributed by atoms with Gasteiger partial charge in [0.05, 0.1) is 6.04 Å². The first-order chi connectivity index (χ1) is 7.77. The molecule has 16 heavy (non-hydrogen) atoms. The van der Waals surface area contributed by atoms with Gasteiger partial charge in [0.1, 0.15) is 0 Å². The van der Waals surface area contributed by atoms with E-state index in [1.54, 1.807) is 0 Å². The van der Waals surface area contributed by atoms with E-state index in [2.05, 4.69) is 22.8 Å². The molecular weight excluding hydrogens is 199 g/mol. The van der Waals surface area contributed by atoms with E-state index in [-0.39, 0.29) is 12.1 Å². The molecule has 2 atom stereocenters. The molecule has 2 N–H and O–H groups in total. The zero-order valence-corrected chi connectivity index (χ0v) is 9.15. The number of piperidine rings is 1. The van der Waals surface area contributed by atoms with Crippen molar-refractivity contribution in [1.29, 1.82) is 0 Å². The van der Waals surface area contributed by atoms with Crippen molar-refractivity contribution < 1.29 is 4.79 Å². The van der Waals surface area contributed by atoms with Crippen molar-refractivity contribution in [2.75, 3.05) is 6.54 Å². The van der Waals surface area contributed by atoms with E-state index in [9.17, 15) is 4.79 Å². The highest BCUT2D eigenvalue weighted by molar-refractivity contribution is 6.57. The lowest BCUT2D eigenvalue weighted by molar-refractivity contribution is 0.245. The number of carbonyl (C=O) groups is 1. The van der Waals surface area contributed by atoms with Crippen molar-refractivity contribution in [1.82, 2.24) is 10.6 Å². The van der Waals surface area contributed by atoms with Gasteiger partial charge in [-0.3, -0.25) is 4.79 Å². The van der Waals surface area contributed by atoms with Gasteiger partial charge >= 0.3 is 0 Å². The maximum atomic E-state index is 10.9. The first-order valence-corrected chi connectivity index (χ1v) is 5.61. The fourth-order valence-electron chi connectivity index (χ4n) is 2.24. The summed E-state index contributed by atoms with van der Waals surface area (Å²) in [6.07, 6.45) is 2.03. The van der Waals surface area contributed by atoms with Crippen LogP contribution in [0.5, 0.6) is 0 Å². The summed E-state index contributed by atoms with van der Waals surface area (Å²) in [4.78, 5) is 10.9. The summed E-state index contributed by atoms with van der Waals surface area (Å²) in [5, 5.41) is 6.23. The summed E-state index contributed by atoms with van der Waals surface area (Å²) in [6.45, 7) is 0.983. The van der Waals surface area contributed by atoms with Crippen LogP contribution in [0.25, 0.3) is 0 Å². The lowest BCUT2D eigenvalue weighted by atomic mass is 9.91. The van der Waals surface area contributed by atoms with Crippen LogP contribution < -0.4 is 10.6 Å². The van der Waals surface area contributed by atoms with E-state index in [4.69, 9.17) is 7.85 Å². The Kier molecular flexibility index (Phi) is 3.62. The second-order valence-corrected chi connectivity index (χ2v) is 4.10. The van der Waals surface area contributed by atoms with Crippen molar-refractivity contribution in [3.05, 3.63) is 35.9 Å². The van der Waals surface area contributed by atoms with Crippen LogP contribution in [0.1, 0.15) is 24.4 Å². The van der Waals surface area contributed by atoms with Crippen LogP contribution in [-0.4, -0.2) is 26.2 Å². The van der Waals surface area contributed by atoms with Gasteiger partial charge in [0.2, 0.25) is 7.85 Å². The minimum Gasteiger partial charge on any atom is -0.361 e. The Morgan fingerprint density at radius 2 is 2.12 bits per heavy atom. The van der Waals surface area contributed by atoms with Crippen LogP contribution in [0.4, 0.5) is 4.79 Å². The molecule has 0 aromatic heterocycles. The average Bonchev–Trinajstić information content (AvgIpc) is 2.30. The molecule has 0 spiro atoms. The molecule has 0 saturated carbocycles. The molecule has 82 valence electrons. The van der Waals surface area contributed by atoms with Crippen molar-refractivity contribution in [3.63, 3.8) is 0 Å². The quantitative estimate of drug-likeness (QED) is 0.729. The number of benzene rings is 1. The molecule has 1 aliphatic heterocycles. The number of hydrogen-bond donors (Lipinski definition) is 2. The second kappa shape index (κ2) is 5.17. The third-order valence-corrected chi connectivity index (χ3v) is 2.94. The summed E-state index contributed by atoms with van der Waals surface area (Å²) < 4.78 is 0. The SMILES string of the molecule is [B]C(=O)NC1CCCNC1c1ccccc1. The fraction of sp³-hybridized carbons (Fsp3) is 0.417. The monoisotopic (exact) mass is 214 g/mol. The summed E-state index contributed by atoms with van der Waals surface area (Å²) >= 11 is 0. The van der Waals surface area contributed by atoms with Crippen LogP contribution in [0.2, 0.25) is 0 Å². The maximum Gasteiger partial charge on any atom is 0.200 e. The van der Waals surface area contributed by atoms with Gasteiger partial charge in [0, 0.05) is 6.04 Å². The molecule has 1 aromatic carbocycles.